The van der Waals surface area contributed by atoms with E-state index in [4.69, 9.17) is 15.5 Å². The number of fused-ring (bicyclic) bond motifs is 1. The molecular weight excluding hydrogens is 321 g/mol. The normalized spacial score (nSPS) is 11.8. The molecular formula is C9H12N5O7P. The second kappa shape index (κ2) is 5.50. The average molecular weight is 333 g/mol. The predicted molar refractivity (Wildman–Crippen MR) is 71.8 cm³/mol. The molecule has 0 atom stereocenters. The molecule has 12 nitrogen and oxygen atoms in total. The van der Waals surface area contributed by atoms with Gasteiger partial charge in [-0.15, -0.1) is 9.78 Å². The maximum absolute atomic E-state index is 12.2. The van der Waals surface area contributed by atoms with Gasteiger partial charge >= 0.3 is 13.9 Å². The molecule has 120 valence electrons. The van der Waals surface area contributed by atoms with Gasteiger partial charge in [-0.3, -0.25) is 9.48 Å². The van der Waals surface area contributed by atoms with E-state index < -0.39 is 26.3 Å². The van der Waals surface area contributed by atoms with Gasteiger partial charge < -0.3 is 20.3 Å². The Morgan fingerprint density at radius 2 is 2.05 bits per heavy atom. The first kappa shape index (κ1) is 16.1. The fourth-order valence-electron chi connectivity index (χ4n) is 1.84. The lowest BCUT2D eigenvalue weighted by Gasteiger charge is -2.08. The van der Waals surface area contributed by atoms with Crippen LogP contribution in [0.15, 0.2) is 4.79 Å². The van der Waals surface area contributed by atoms with Crippen LogP contribution in [0.4, 0.5) is 10.6 Å². The lowest BCUT2D eigenvalue weighted by atomic mass is 10.3. The molecule has 0 saturated heterocycles. The molecule has 0 aliphatic carbocycles. The number of aromatic nitrogens is 4. The van der Waals surface area contributed by atoms with Crippen molar-refractivity contribution in [3.8, 4) is 0 Å². The highest BCUT2D eigenvalue weighted by Crippen LogP contribution is 2.35. The summed E-state index contributed by atoms with van der Waals surface area (Å²) in [5, 5.41) is 7.68. The standard InChI is InChI=1S/C9H12N5O7P/c1-4-5-6(13(2)11-4)7(10)12-14(8(5)15)9(16)20-3-21-22(17,18)19/h3H2,1-2H3,(H2,10,12)(H2,17,18,19). The summed E-state index contributed by atoms with van der Waals surface area (Å²) in [5.74, 6) is -0.134. The van der Waals surface area contributed by atoms with Crippen molar-refractivity contribution >= 4 is 30.6 Å². The molecule has 4 N–H and O–H groups in total. The van der Waals surface area contributed by atoms with Crippen molar-refractivity contribution in [2.24, 2.45) is 7.05 Å². The molecule has 22 heavy (non-hydrogen) atoms. The number of anilines is 1. The average Bonchev–Trinajstić information content (AvgIpc) is 2.68. The van der Waals surface area contributed by atoms with Crippen LogP contribution in [0, 0.1) is 6.92 Å². The minimum Gasteiger partial charge on any atom is -0.420 e. The molecule has 0 bridgehead atoms. The number of nitrogens with zero attached hydrogens (tertiary/aromatic N) is 4. The summed E-state index contributed by atoms with van der Waals surface area (Å²) in [6.45, 7) is 0.497. The van der Waals surface area contributed by atoms with Crippen molar-refractivity contribution in [2.75, 3.05) is 12.5 Å². The molecule has 0 radical (unpaired) electrons. The predicted octanol–water partition coefficient (Wildman–Crippen LogP) is -0.928. The van der Waals surface area contributed by atoms with Gasteiger partial charge in [-0.2, -0.15) is 5.10 Å². The second-order valence-electron chi connectivity index (χ2n) is 4.18. The number of hydrogen-bond acceptors (Lipinski definition) is 8. The molecule has 0 fully saturated rings. The lowest BCUT2D eigenvalue weighted by Crippen LogP contribution is -2.31. The van der Waals surface area contributed by atoms with E-state index in [9.17, 15) is 14.2 Å². The van der Waals surface area contributed by atoms with Gasteiger partial charge in [0.25, 0.3) is 5.56 Å². The summed E-state index contributed by atoms with van der Waals surface area (Å²) in [7, 11) is -3.24. The van der Waals surface area contributed by atoms with E-state index in [1.165, 1.54) is 4.68 Å². The first-order valence-corrected chi connectivity index (χ1v) is 7.24. The largest absolute Gasteiger partial charge is 0.472 e. The Morgan fingerprint density at radius 3 is 2.64 bits per heavy atom. The first-order valence-electron chi connectivity index (χ1n) is 5.71. The Bertz CT molecular complexity index is 850. The molecule has 13 heteroatoms. The molecule has 0 aliphatic rings. The minimum atomic E-state index is -4.80. The van der Waals surface area contributed by atoms with E-state index in [1.54, 1.807) is 14.0 Å². The summed E-state index contributed by atoms with van der Waals surface area (Å²) in [6, 6.07) is 0. The van der Waals surface area contributed by atoms with Gasteiger partial charge in [0.05, 0.1) is 11.1 Å². The molecule has 2 heterocycles. The molecule has 2 aromatic heterocycles. The lowest BCUT2D eigenvalue weighted by molar-refractivity contribution is 0.0385. The zero-order valence-electron chi connectivity index (χ0n) is 11.5. The van der Waals surface area contributed by atoms with Gasteiger partial charge in [0.15, 0.2) is 5.82 Å². The highest BCUT2D eigenvalue weighted by molar-refractivity contribution is 7.46. The van der Waals surface area contributed by atoms with Gasteiger partial charge in [0, 0.05) is 7.05 Å². The van der Waals surface area contributed by atoms with Crippen molar-refractivity contribution in [3.63, 3.8) is 0 Å². The fraction of sp³-hybridized carbons (Fsp3) is 0.333. The maximum atomic E-state index is 12.2. The third kappa shape index (κ3) is 2.99. The molecule has 2 rings (SSSR count). The number of ether oxygens (including phenoxy) is 1. The van der Waals surface area contributed by atoms with Crippen molar-refractivity contribution in [1.82, 2.24) is 19.6 Å². The number of rotatable bonds is 3. The van der Waals surface area contributed by atoms with E-state index in [1.807, 2.05) is 0 Å². The van der Waals surface area contributed by atoms with E-state index in [0.717, 1.165) is 0 Å². The fourth-order valence-corrected chi connectivity index (χ4v) is 2.03. The quantitative estimate of drug-likeness (QED) is 0.470. The highest BCUT2D eigenvalue weighted by Gasteiger charge is 2.21. The van der Waals surface area contributed by atoms with Gasteiger partial charge in [-0.05, 0) is 6.92 Å². The summed E-state index contributed by atoms with van der Waals surface area (Å²) in [4.78, 5) is 40.9. The topological polar surface area (TPSA) is 172 Å². The summed E-state index contributed by atoms with van der Waals surface area (Å²) in [5.41, 5.74) is 5.46. The van der Waals surface area contributed by atoms with Crippen LogP contribution in [0.2, 0.25) is 0 Å². The number of phosphoric acid groups is 1. The zero-order chi connectivity index (χ0) is 16.7. The van der Waals surface area contributed by atoms with E-state index >= 15 is 0 Å². The molecule has 0 amide bonds. The molecule has 0 saturated carbocycles. The van der Waals surface area contributed by atoms with E-state index in [0.29, 0.717) is 10.4 Å². The number of carbonyl (C=O) groups is 1. The maximum Gasteiger partial charge on any atom is 0.472 e. The van der Waals surface area contributed by atoms with Crippen LogP contribution in [0.5, 0.6) is 0 Å². The van der Waals surface area contributed by atoms with Crippen molar-refractivity contribution in [1.29, 1.82) is 0 Å². The number of nitrogen functional groups attached to an aromatic ring is 1. The molecule has 0 aromatic carbocycles. The number of carbonyl (C=O) groups excluding carboxylic acids is 1. The molecule has 0 aliphatic heterocycles. The number of aryl methyl sites for hydroxylation is 2. The number of phosphoric ester groups is 1. The first-order chi connectivity index (χ1) is 10.1. The number of nitrogens with two attached hydrogens (primary N) is 1. The SMILES string of the molecule is Cc1nn(C)c2c(N)nn(C(=O)OCOP(=O)(O)O)c(=O)c12. The summed E-state index contributed by atoms with van der Waals surface area (Å²) < 4.78 is 20.5. The molecule has 2 aromatic rings. The second-order valence-corrected chi connectivity index (χ2v) is 5.42. The Hall–Kier alpha value is -2.27. The van der Waals surface area contributed by atoms with Crippen LogP contribution in [0.25, 0.3) is 10.9 Å². The third-order valence-electron chi connectivity index (χ3n) is 2.66. The van der Waals surface area contributed by atoms with Crippen LogP contribution in [-0.4, -0.2) is 42.2 Å². The van der Waals surface area contributed by atoms with E-state index in [2.05, 4.69) is 19.5 Å². The van der Waals surface area contributed by atoms with Crippen LogP contribution in [0.1, 0.15) is 5.69 Å². The Morgan fingerprint density at radius 1 is 1.41 bits per heavy atom. The van der Waals surface area contributed by atoms with Crippen LogP contribution in [0.3, 0.4) is 0 Å². The van der Waals surface area contributed by atoms with E-state index in [-0.39, 0.29) is 16.7 Å². The molecule has 0 unspecified atom stereocenters. The molecule has 0 spiro atoms. The zero-order valence-corrected chi connectivity index (χ0v) is 12.4. The van der Waals surface area contributed by atoms with Crippen LogP contribution >= 0.6 is 7.82 Å². The van der Waals surface area contributed by atoms with Gasteiger partial charge in [-0.1, -0.05) is 0 Å². The highest BCUT2D eigenvalue weighted by atomic mass is 31.2. The van der Waals surface area contributed by atoms with Crippen LogP contribution < -0.4 is 11.3 Å². The Labute approximate surface area is 122 Å². The monoisotopic (exact) mass is 333 g/mol. The van der Waals surface area contributed by atoms with Crippen molar-refractivity contribution < 1.29 is 28.4 Å². The van der Waals surface area contributed by atoms with Gasteiger partial charge in [0.2, 0.25) is 6.79 Å². The third-order valence-corrected chi connectivity index (χ3v) is 3.10. The smallest absolute Gasteiger partial charge is 0.420 e. The Kier molecular flexibility index (Phi) is 4.02. The van der Waals surface area contributed by atoms with Crippen LogP contribution in [-0.2, 0) is 20.9 Å². The summed E-state index contributed by atoms with van der Waals surface area (Å²) >= 11 is 0. The van der Waals surface area contributed by atoms with Gasteiger partial charge in [0.1, 0.15) is 5.52 Å². The Balaban J connectivity index is 2.38. The number of hydrogen-bond donors (Lipinski definition) is 3. The van der Waals surface area contributed by atoms with Crippen molar-refractivity contribution in [2.45, 2.75) is 6.92 Å². The summed E-state index contributed by atoms with van der Waals surface area (Å²) in [6.07, 6.45) is -1.30. The van der Waals surface area contributed by atoms with Gasteiger partial charge in [-0.25, -0.2) is 13.9 Å². The minimum absolute atomic E-state index is 0.0860. The van der Waals surface area contributed by atoms with Crippen molar-refractivity contribution in [3.05, 3.63) is 16.0 Å².